The number of hydrogen-bond acceptors (Lipinski definition) is 11. The molecule has 1 heterocycles. The van der Waals surface area contributed by atoms with Crippen molar-refractivity contribution in [2.24, 2.45) is 0 Å². The lowest BCUT2D eigenvalue weighted by Gasteiger charge is -2.41. The van der Waals surface area contributed by atoms with Crippen LogP contribution in [0.15, 0.2) is 0 Å². The van der Waals surface area contributed by atoms with E-state index in [1.165, 1.54) is 51.4 Å². The minimum absolute atomic E-state index is 0.263. The third kappa shape index (κ3) is 19.7. The van der Waals surface area contributed by atoms with E-state index < -0.39 is 78.5 Å². The Kier molecular flexibility index (Phi) is 24.3. The van der Waals surface area contributed by atoms with Crippen molar-refractivity contribution in [2.75, 3.05) is 13.2 Å². The molecule has 47 heavy (non-hydrogen) atoms. The van der Waals surface area contributed by atoms with Crippen molar-refractivity contribution in [1.29, 1.82) is 0 Å². The molecule has 0 aromatic rings. The number of amides is 1. The van der Waals surface area contributed by atoms with Gasteiger partial charge in [0.15, 0.2) is 6.29 Å². The number of rotatable bonds is 29. The van der Waals surface area contributed by atoms with Crippen LogP contribution in [0.5, 0.6) is 0 Å². The van der Waals surface area contributed by atoms with Crippen molar-refractivity contribution >= 4 is 16.3 Å². The molecule has 8 unspecified atom stereocenters. The van der Waals surface area contributed by atoms with Crippen molar-refractivity contribution in [2.45, 2.75) is 191 Å². The molecule has 13 nitrogen and oxygen atoms in total. The minimum atomic E-state index is -5.09. The zero-order chi connectivity index (χ0) is 35.1. The molecule has 1 saturated heterocycles. The zero-order valence-corrected chi connectivity index (χ0v) is 29.5. The third-order valence-corrected chi connectivity index (χ3v) is 9.24. The molecule has 0 saturated carbocycles. The summed E-state index contributed by atoms with van der Waals surface area (Å²) in [5, 5.41) is 54.6. The quantitative estimate of drug-likeness (QED) is 0.0440. The Hall–Kier alpha value is -0.940. The first-order valence-corrected chi connectivity index (χ1v) is 19.4. The predicted octanol–water partition coefficient (Wildman–Crippen LogP) is 3.68. The van der Waals surface area contributed by atoms with Crippen LogP contribution in [0, 0.1) is 0 Å². The molecule has 0 bridgehead atoms. The highest BCUT2D eigenvalue weighted by atomic mass is 32.3. The van der Waals surface area contributed by atoms with Crippen LogP contribution >= 0.6 is 0 Å². The molecule has 1 rings (SSSR count). The number of carbonyl (C=O) groups excluding carboxylic acids is 1. The number of carbonyl (C=O) groups is 1. The second kappa shape index (κ2) is 25.9. The number of ether oxygens (including phenoxy) is 2. The van der Waals surface area contributed by atoms with Crippen LogP contribution in [0.3, 0.4) is 0 Å². The second-order valence-corrected chi connectivity index (χ2v) is 14.0. The molecule has 1 aliphatic heterocycles. The summed E-state index contributed by atoms with van der Waals surface area (Å²) in [5.41, 5.74) is 0. The summed E-state index contributed by atoms with van der Waals surface area (Å²) in [7, 11) is -5.09. The van der Waals surface area contributed by atoms with Crippen LogP contribution in [0.2, 0.25) is 0 Å². The number of nitrogens with one attached hydrogen (secondary N) is 1. The first-order chi connectivity index (χ1) is 22.4. The average Bonchev–Trinajstić information content (AvgIpc) is 3.03. The fourth-order valence-electron chi connectivity index (χ4n) is 5.82. The molecule has 7 N–H and O–H groups in total. The number of hydrogen-bond donors (Lipinski definition) is 7. The van der Waals surface area contributed by atoms with Crippen LogP contribution in [0.25, 0.3) is 0 Å². The zero-order valence-electron chi connectivity index (χ0n) is 28.7. The van der Waals surface area contributed by atoms with E-state index >= 15 is 0 Å². The fraction of sp³-hybridized carbons (Fsp3) is 0.970. The molecule has 0 spiro atoms. The van der Waals surface area contributed by atoms with E-state index in [1.54, 1.807) is 0 Å². The summed E-state index contributed by atoms with van der Waals surface area (Å²) in [4.78, 5) is 12.9. The Balaban J connectivity index is 2.65. The Labute approximate surface area is 282 Å². The largest absolute Gasteiger partial charge is 0.397 e. The Morgan fingerprint density at radius 1 is 0.766 bits per heavy atom. The Bertz CT molecular complexity index is 895. The topological polar surface area (TPSA) is 212 Å². The summed E-state index contributed by atoms with van der Waals surface area (Å²) < 4.78 is 47.1. The van der Waals surface area contributed by atoms with Gasteiger partial charge < -0.3 is 40.3 Å². The molecule has 0 aromatic heterocycles. The van der Waals surface area contributed by atoms with Gasteiger partial charge in [-0.15, -0.1) is 0 Å². The van der Waals surface area contributed by atoms with Crippen molar-refractivity contribution in [3.8, 4) is 0 Å². The van der Waals surface area contributed by atoms with Gasteiger partial charge in [0, 0.05) is 0 Å². The Morgan fingerprint density at radius 2 is 1.23 bits per heavy atom. The fourth-order valence-corrected chi connectivity index (χ4v) is 6.32. The maximum absolute atomic E-state index is 12.9. The SMILES string of the molecule is CCCCCCCCCCCCCCC(O)C(=O)NC(COC1OC(CO)C(O)C(OS(=O)(=O)O)C1O)C(O)CCCCCCCC. The first-order valence-electron chi connectivity index (χ1n) is 18.0. The normalized spacial score (nSPS) is 23.8. The van der Waals surface area contributed by atoms with Crippen LogP contribution in [-0.2, 0) is 28.9 Å². The molecule has 0 aromatic carbocycles. The molecule has 280 valence electrons. The van der Waals surface area contributed by atoms with Gasteiger partial charge in [0.1, 0.15) is 30.5 Å². The smallest absolute Gasteiger partial charge is 0.394 e. The van der Waals surface area contributed by atoms with Crippen molar-refractivity contribution in [3.05, 3.63) is 0 Å². The molecule has 0 aliphatic carbocycles. The van der Waals surface area contributed by atoms with E-state index in [-0.39, 0.29) is 6.42 Å². The summed E-state index contributed by atoms with van der Waals surface area (Å²) in [6, 6.07) is -1.02. The molecule has 1 aliphatic rings. The average molecular weight is 700 g/mol. The van der Waals surface area contributed by atoms with Gasteiger partial charge in [-0.2, -0.15) is 8.42 Å². The van der Waals surface area contributed by atoms with Gasteiger partial charge in [-0.25, -0.2) is 4.18 Å². The van der Waals surface area contributed by atoms with Crippen molar-refractivity contribution in [1.82, 2.24) is 5.32 Å². The van der Waals surface area contributed by atoms with Crippen LogP contribution < -0.4 is 5.32 Å². The Morgan fingerprint density at radius 3 is 1.70 bits per heavy atom. The summed E-state index contributed by atoms with van der Waals surface area (Å²) in [6.07, 6.45) is 9.33. The first kappa shape index (κ1) is 44.1. The molecular weight excluding hydrogens is 634 g/mol. The summed E-state index contributed by atoms with van der Waals surface area (Å²) in [5.74, 6) is -0.676. The predicted molar refractivity (Wildman–Crippen MR) is 178 cm³/mol. The standard InChI is InChI=1S/C33H65NO12S/c1-3-5-7-9-11-12-13-14-15-16-18-20-22-27(37)32(40)34-25(26(36)21-19-17-10-8-6-4-2)24-44-33-30(39)31(46-47(41,42)43)29(38)28(23-35)45-33/h25-31,33,35-39H,3-24H2,1-2H3,(H,34,40)(H,41,42,43). The molecule has 1 amide bonds. The third-order valence-electron chi connectivity index (χ3n) is 8.77. The molecule has 1 fully saturated rings. The van der Waals surface area contributed by atoms with Crippen molar-refractivity contribution < 1.29 is 57.0 Å². The van der Waals surface area contributed by atoms with Crippen molar-refractivity contribution in [3.63, 3.8) is 0 Å². The van der Waals surface area contributed by atoms with Gasteiger partial charge in [0.2, 0.25) is 5.91 Å². The van der Waals surface area contributed by atoms with Gasteiger partial charge in [-0.3, -0.25) is 9.35 Å². The molecule has 8 atom stereocenters. The highest BCUT2D eigenvalue weighted by molar-refractivity contribution is 7.80. The maximum atomic E-state index is 12.9. The van der Waals surface area contributed by atoms with E-state index in [0.717, 1.165) is 51.4 Å². The number of aliphatic hydroxyl groups is 5. The number of unbranched alkanes of at least 4 members (excludes halogenated alkanes) is 16. The minimum Gasteiger partial charge on any atom is -0.394 e. The molecular formula is C33H65NO12S. The maximum Gasteiger partial charge on any atom is 0.397 e. The van der Waals surface area contributed by atoms with Crippen LogP contribution in [0.4, 0.5) is 0 Å². The van der Waals surface area contributed by atoms with E-state index in [0.29, 0.717) is 19.3 Å². The van der Waals surface area contributed by atoms with Crippen LogP contribution in [-0.4, -0.2) is 107 Å². The number of aliphatic hydroxyl groups excluding tert-OH is 5. The second-order valence-electron chi connectivity index (χ2n) is 13.0. The molecule has 0 radical (unpaired) electrons. The lowest BCUT2D eigenvalue weighted by atomic mass is 9.99. The lowest BCUT2D eigenvalue weighted by Crippen LogP contribution is -2.61. The van der Waals surface area contributed by atoms with Crippen LogP contribution in [0.1, 0.15) is 142 Å². The van der Waals surface area contributed by atoms with Gasteiger partial charge >= 0.3 is 10.4 Å². The monoisotopic (exact) mass is 699 g/mol. The van der Waals surface area contributed by atoms with Gasteiger partial charge in [0.25, 0.3) is 0 Å². The van der Waals surface area contributed by atoms with Gasteiger partial charge in [-0.1, -0.05) is 129 Å². The van der Waals surface area contributed by atoms with E-state index in [1.807, 2.05) is 0 Å². The van der Waals surface area contributed by atoms with E-state index in [9.17, 15) is 38.7 Å². The van der Waals surface area contributed by atoms with E-state index in [4.69, 9.17) is 14.0 Å². The van der Waals surface area contributed by atoms with Gasteiger partial charge in [-0.05, 0) is 12.8 Å². The summed E-state index contributed by atoms with van der Waals surface area (Å²) >= 11 is 0. The van der Waals surface area contributed by atoms with Gasteiger partial charge in [0.05, 0.1) is 25.4 Å². The highest BCUT2D eigenvalue weighted by Gasteiger charge is 2.48. The highest BCUT2D eigenvalue weighted by Crippen LogP contribution is 2.26. The lowest BCUT2D eigenvalue weighted by molar-refractivity contribution is -0.298. The summed E-state index contributed by atoms with van der Waals surface area (Å²) in [6.45, 7) is 3.14. The molecule has 14 heteroatoms. The van der Waals surface area contributed by atoms with E-state index in [2.05, 4.69) is 23.3 Å².